The third kappa shape index (κ3) is 4.63. The van der Waals surface area contributed by atoms with Gasteiger partial charge < -0.3 is 24.5 Å². The number of nitrogens with one attached hydrogen (secondary N) is 2. The Bertz CT molecular complexity index is 1090. The number of esters is 1. The highest BCUT2D eigenvalue weighted by atomic mass is 32.1. The number of para-hydroxylation sites is 2. The highest BCUT2D eigenvalue weighted by molar-refractivity contribution is 7.20. The first-order valence-electron chi connectivity index (χ1n) is 9.65. The van der Waals surface area contributed by atoms with E-state index < -0.39 is 5.97 Å². The van der Waals surface area contributed by atoms with E-state index >= 15 is 0 Å². The molecule has 0 amide bonds. The van der Waals surface area contributed by atoms with Crippen LogP contribution in [0.1, 0.15) is 40.9 Å². The molecule has 3 rings (SSSR count). The molecule has 2 aromatic heterocycles. The van der Waals surface area contributed by atoms with Gasteiger partial charge in [0.1, 0.15) is 22.1 Å². The van der Waals surface area contributed by atoms with Gasteiger partial charge >= 0.3 is 5.97 Å². The molecule has 0 saturated carbocycles. The van der Waals surface area contributed by atoms with Gasteiger partial charge in [-0.05, 0) is 38.5 Å². The predicted molar refractivity (Wildman–Crippen MR) is 116 cm³/mol. The molecule has 0 spiro atoms. The molecule has 8 nitrogen and oxygen atoms in total. The molecule has 2 heterocycles. The number of ether oxygens (including phenoxy) is 3. The van der Waals surface area contributed by atoms with Crippen LogP contribution in [0.3, 0.4) is 0 Å². The highest BCUT2D eigenvalue weighted by Crippen LogP contribution is 2.28. The van der Waals surface area contributed by atoms with Crippen molar-refractivity contribution in [2.45, 2.75) is 26.8 Å². The van der Waals surface area contributed by atoms with Crippen LogP contribution in [0.2, 0.25) is 0 Å². The van der Waals surface area contributed by atoms with Crippen LogP contribution in [0.25, 0.3) is 10.2 Å². The Morgan fingerprint density at radius 2 is 2.03 bits per heavy atom. The zero-order valence-corrected chi connectivity index (χ0v) is 18.2. The average Bonchev–Trinajstić information content (AvgIpc) is 3.08. The van der Waals surface area contributed by atoms with Gasteiger partial charge in [-0.25, -0.2) is 9.78 Å². The number of aromatic nitrogens is 2. The second-order valence-electron chi connectivity index (χ2n) is 6.58. The van der Waals surface area contributed by atoms with Crippen LogP contribution in [0.15, 0.2) is 29.1 Å². The summed E-state index contributed by atoms with van der Waals surface area (Å²) < 4.78 is 16.1. The van der Waals surface area contributed by atoms with E-state index in [0.29, 0.717) is 51.1 Å². The third-order valence-corrected chi connectivity index (χ3v) is 5.73. The molecular weight excluding hydrogens is 406 g/mol. The molecule has 0 unspecified atom stereocenters. The number of methoxy groups -OCH3 is 1. The van der Waals surface area contributed by atoms with E-state index in [-0.39, 0.29) is 18.2 Å². The summed E-state index contributed by atoms with van der Waals surface area (Å²) in [5.41, 5.74) is 0.331. The summed E-state index contributed by atoms with van der Waals surface area (Å²) in [6, 6.07) is 7.23. The minimum Gasteiger partial charge on any atom is -0.493 e. The number of aryl methyl sites for hydroxylation is 1. The summed E-state index contributed by atoms with van der Waals surface area (Å²) in [6.07, 6.45) is 0. The van der Waals surface area contributed by atoms with Crippen molar-refractivity contribution in [1.29, 1.82) is 0 Å². The van der Waals surface area contributed by atoms with Gasteiger partial charge in [-0.1, -0.05) is 12.1 Å². The average molecular weight is 432 g/mol. The van der Waals surface area contributed by atoms with Gasteiger partial charge in [-0.3, -0.25) is 4.79 Å². The summed E-state index contributed by atoms with van der Waals surface area (Å²) in [5.74, 6) is 1.41. The molecule has 2 N–H and O–H groups in total. The number of hydrogen-bond donors (Lipinski definition) is 2. The lowest BCUT2D eigenvalue weighted by Crippen LogP contribution is -2.27. The SMILES string of the molecule is CCOC(=O)c1sc2nc([C@@H](C)NCCOc3ccccc3OC)[nH]c(=O)c2c1C. The molecule has 1 aromatic carbocycles. The highest BCUT2D eigenvalue weighted by Gasteiger charge is 2.21. The maximum Gasteiger partial charge on any atom is 0.348 e. The van der Waals surface area contributed by atoms with Crippen molar-refractivity contribution in [3.63, 3.8) is 0 Å². The molecule has 0 bridgehead atoms. The number of H-pyrrole nitrogens is 1. The molecule has 160 valence electrons. The zero-order chi connectivity index (χ0) is 21.7. The molecule has 0 aliphatic carbocycles. The largest absolute Gasteiger partial charge is 0.493 e. The lowest BCUT2D eigenvalue weighted by molar-refractivity contribution is 0.0531. The number of carbonyl (C=O) groups excluding carboxylic acids is 1. The molecule has 9 heteroatoms. The molecule has 0 radical (unpaired) electrons. The quantitative estimate of drug-likeness (QED) is 0.396. The van der Waals surface area contributed by atoms with Crippen LogP contribution in [-0.2, 0) is 4.74 Å². The molecular formula is C21H25N3O5S. The van der Waals surface area contributed by atoms with E-state index in [2.05, 4.69) is 15.3 Å². The summed E-state index contributed by atoms with van der Waals surface area (Å²) >= 11 is 1.18. The molecule has 1 atom stereocenters. The van der Waals surface area contributed by atoms with Crippen molar-refractivity contribution in [2.24, 2.45) is 0 Å². The van der Waals surface area contributed by atoms with Gasteiger partial charge in [0.2, 0.25) is 0 Å². The Morgan fingerprint density at radius 1 is 1.30 bits per heavy atom. The van der Waals surface area contributed by atoms with E-state index in [9.17, 15) is 9.59 Å². The molecule has 0 fully saturated rings. The first-order valence-corrected chi connectivity index (χ1v) is 10.5. The number of rotatable bonds is 9. The molecule has 0 aliphatic rings. The summed E-state index contributed by atoms with van der Waals surface area (Å²) in [6.45, 7) is 6.62. The maximum absolute atomic E-state index is 12.6. The standard InChI is InChI=1S/C21H25N3O5S/c1-5-28-21(26)17-12(2)16-19(25)23-18(24-20(16)30-17)13(3)22-10-11-29-15-9-7-6-8-14(15)27-4/h6-9,13,22H,5,10-11H2,1-4H3,(H,23,24,25)/t13-/m1/s1. The first kappa shape index (κ1) is 21.8. The van der Waals surface area contributed by atoms with Crippen LogP contribution in [0, 0.1) is 6.92 Å². The molecule has 30 heavy (non-hydrogen) atoms. The second kappa shape index (κ2) is 9.73. The van der Waals surface area contributed by atoms with Gasteiger partial charge in [0.25, 0.3) is 5.56 Å². The van der Waals surface area contributed by atoms with E-state index in [1.807, 2.05) is 31.2 Å². The minimum atomic E-state index is -0.432. The van der Waals surface area contributed by atoms with Gasteiger partial charge in [-0.2, -0.15) is 0 Å². The van der Waals surface area contributed by atoms with Crippen LogP contribution < -0.4 is 20.3 Å². The van der Waals surface area contributed by atoms with Crippen molar-refractivity contribution in [3.05, 3.63) is 50.9 Å². The maximum atomic E-state index is 12.6. The molecule has 0 aliphatic heterocycles. The molecule has 0 saturated heterocycles. The third-order valence-electron chi connectivity index (χ3n) is 4.57. The monoisotopic (exact) mass is 431 g/mol. The number of carbonyl (C=O) groups is 1. The van der Waals surface area contributed by atoms with Crippen LogP contribution >= 0.6 is 11.3 Å². The van der Waals surface area contributed by atoms with Crippen molar-refractivity contribution in [2.75, 3.05) is 26.9 Å². The second-order valence-corrected chi connectivity index (χ2v) is 7.58. The fourth-order valence-corrected chi connectivity index (χ4v) is 4.11. The number of hydrogen-bond acceptors (Lipinski definition) is 8. The Morgan fingerprint density at radius 3 is 2.73 bits per heavy atom. The lowest BCUT2D eigenvalue weighted by atomic mass is 10.2. The van der Waals surface area contributed by atoms with Crippen molar-refractivity contribution < 1.29 is 19.0 Å². The lowest BCUT2D eigenvalue weighted by Gasteiger charge is -2.14. The van der Waals surface area contributed by atoms with Gasteiger partial charge in [0.05, 0.1) is 25.1 Å². The van der Waals surface area contributed by atoms with Crippen LogP contribution in [-0.4, -0.2) is 42.8 Å². The fourth-order valence-electron chi connectivity index (χ4n) is 3.03. The van der Waals surface area contributed by atoms with Crippen molar-refractivity contribution in [3.8, 4) is 11.5 Å². The Labute approximate surface area is 178 Å². The Kier molecular flexibility index (Phi) is 7.07. The zero-order valence-electron chi connectivity index (χ0n) is 17.4. The van der Waals surface area contributed by atoms with Crippen LogP contribution in [0.5, 0.6) is 11.5 Å². The number of thiophene rings is 1. The minimum absolute atomic E-state index is 0.211. The van der Waals surface area contributed by atoms with E-state index in [1.54, 1.807) is 21.0 Å². The normalized spacial score (nSPS) is 12.0. The van der Waals surface area contributed by atoms with E-state index in [1.165, 1.54) is 11.3 Å². The fraction of sp³-hybridized carbons (Fsp3) is 0.381. The van der Waals surface area contributed by atoms with E-state index in [4.69, 9.17) is 14.2 Å². The summed E-state index contributed by atoms with van der Waals surface area (Å²) in [4.78, 5) is 33.0. The van der Waals surface area contributed by atoms with Gasteiger partial charge in [0.15, 0.2) is 11.5 Å². The Balaban J connectivity index is 1.68. The van der Waals surface area contributed by atoms with E-state index in [0.717, 1.165) is 0 Å². The molecule has 3 aromatic rings. The summed E-state index contributed by atoms with van der Waals surface area (Å²) in [5, 5.41) is 3.71. The predicted octanol–water partition coefficient (Wildman–Crippen LogP) is 3.21. The number of aromatic amines is 1. The van der Waals surface area contributed by atoms with Gasteiger partial charge in [0, 0.05) is 6.54 Å². The summed E-state index contributed by atoms with van der Waals surface area (Å²) in [7, 11) is 1.60. The Hall–Kier alpha value is -2.91. The smallest absolute Gasteiger partial charge is 0.348 e. The number of fused-ring (bicyclic) bond motifs is 1. The number of nitrogens with zero attached hydrogens (tertiary/aromatic N) is 1. The van der Waals surface area contributed by atoms with Gasteiger partial charge in [-0.15, -0.1) is 11.3 Å². The first-order chi connectivity index (χ1) is 14.5. The topological polar surface area (TPSA) is 103 Å². The van der Waals surface area contributed by atoms with Crippen molar-refractivity contribution in [1.82, 2.24) is 15.3 Å². The number of benzene rings is 1. The van der Waals surface area contributed by atoms with Crippen molar-refractivity contribution >= 4 is 27.5 Å². The van der Waals surface area contributed by atoms with Crippen LogP contribution in [0.4, 0.5) is 0 Å².